The van der Waals surface area contributed by atoms with Gasteiger partial charge in [-0.3, -0.25) is 38.4 Å². The zero-order valence-corrected chi connectivity index (χ0v) is 67.7. The number of amides is 6. The van der Waals surface area contributed by atoms with Gasteiger partial charge in [-0.05, 0) is 131 Å². The van der Waals surface area contributed by atoms with Crippen molar-refractivity contribution < 1.29 is 232 Å². The van der Waals surface area contributed by atoms with E-state index in [0.717, 1.165) is 12.0 Å². The Balaban J connectivity index is -0.000000166. The van der Waals surface area contributed by atoms with E-state index in [2.05, 4.69) is 39.3 Å². The first-order valence-corrected chi connectivity index (χ1v) is 28.2. The number of hydrogen-bond acceptors (Lipinski definition) is 26. The van der Waals surface area contributed by atoms with E-state index in [9.17, 15) is 62.6 Å². The number of nitrogens with one attached hydrogen (secondary N) is 2. The summed E-state index contributed by atoms with van der Waals surface area (Å²) in [6.45, 7) is 24.1. The van der Waals surface area contributed by atoms with Gasteiger partial charge in [0.05, 0.1) is 35.0 Å². The normalized spacial score (nSPS) is 9.79. The van der Waals surface area contributed by atoms with E-state index in [1.807, 2.05) is 12.1 Å². The Morgan fingerprint density at radius 3 is 1.10 bits per heavy atom. The van der Waals surface area contributed by atoms with Crippen LogP contribution in [0.1, 0.15) is 147 Å². The molecule has 30 nitrogen and oxygen atoms in total. The van der Waals surface area contributed by atoms with Crippen LogP contribution in [0.3, 0.4) is 0 Å². The summed E-state index contributed by atoms with van der Waals surface area (Å²) in [5, 5.41) is 21.0. The summed E-state index contributed by atoms with van der Waals surface area (Å²) in [5.41, 5.74) is 4.77. The van der Waals surface area contributed by atoms with Crippen LogP contribution < -0.4 is 137 Å². The van der Waals surface area contributed by atoms with Gasteiger partial charge in [-0.1, -0.05) is 106 Å². The van der Waals surface area contributed by atoms with Gasteiger partial charge in [0.15, 0.2) is 0 Å². The molecular weight excluding hydrogens is 1360 g/mol. The number of halogens is 1. The van der Waals surface area contributed by atoms with Crippen LogP contribution in [0.25, 0.3) is 0 Å². The summed E-state index contributed by atoms with van der Waals surface area (Å²) in [7, 11) is 4.86. The predicted octanol–water partition coefficient (Wildman–Crippen LogP) is -1.08. The minimum absolute atomic E-state index is 0. The third-order valence-electron chi connectivity index (χ3n) is 8.61. The summed E-state index contributed by atoms with van der Waals surface area (Å²) in [4.78, 5) is 148. The molecule has 0 saturated heterocycles. The zero-order valence-electron chi connectivity index (χ0n) is 60.8. The summed E-state index contributed by atoms with van der Waals surface area (Å²) >= 11 is 5.16. The Labute approximate surface area is 664 Å². The molecule has 0 bridgehead atoms. The van der Waals surface area contributed by atoms with Crippen molar-refractivity contribution in [3.8, 4) is 0 Å². The van der Waals surface area contributed by atoms with Gasteiger partial charge in [0.1, 0.15) is 35.5 Å². The van der Waals surface area contributed by atoms with E-state index in [-0.39, 0.29) is 154 Å². The first-order chi connectivity index (χ1) is 43.7. The minimum Gasteiger partial charge on any atom is -1.00 e. The third kappa shape index (κ3) is 63.1. The molecule has 0 fully saturated rings. The average molecular weight is 1450 g/mol. The molecule has 0 atom stereocenters. The van der Waals surface area contributed by atoms with Gasteiger partial charge in [0, 0.05) is 22.3 Å². The van der Waals surface area contributed by atoms with Crippen molar-refractivity contribution in [3.63, 3.8) is 0 Å². The summed E-state index contributed by atoms with van der Waals surface area (Å²) in [6.07, 6.45) is -4.96. The van der Waals surface area contributed by atoms with Crippen LogP contribution in [0.5, 0.6) is 0 Å². The topological polar surface area (TPSA) is 417 Å². The third-order valence-corrected chi connectivity index (χ3v) is 8.83. The first kappa shape index (κ1) is 105. The quantitative estimate of drug-likeness (QED) is 0.0248. The number of methoxy groups -OCH3 is 4. The van der Waals surface area contributed by atoms with Crippen LogP contribution in [0.4, 0.5) is 24.0 Å². The van der Waals surface area contributed by atoms with Gasteiger partial charge < -0.3 is 70.4 Å². The SMILES string of the molecule is CC(C)(C)OC(=O)OC(=O)OC(C)(C)C.CC(C)(C)[O-].COC(=O)CN.COC(=O)CN(C(=O)OC(C)(C)C)C(=O)c1ccccc1.COC(=O)CNC(=O)c1ccccc1.COC(=O)N(NC(=O)OC(C)(C)C)C(=O)c1ccccc1.O=C(Cl)c1ccccc1.O=CO[O-].[H-].[K+].[Na+].[Na+]. The van der Waals surface area contributed by atoms with Gasteiger partial charge in [-0.25, -0.2) is 34.3 Å². The second-order valence-corrected chi connectivity index (χ2v) is 23.1. The van der Waals surface area contributed by atoms with Gasteiger partial charge in [0.2, 0.25) is 0 Å². The maximum atomic E-state index is 12.3. The smallest absolute Gasteiger partial charge is 1.00 e. The Morgan fingerprint density at radius 1 is 0.500 bits per heavy atom. The fourth-order valence-corrected chi connectivity index (χ4v) is 5.14. The number of carbonyl (C=O) groups is 13. The Bertz CT molecular complexity index is 2970. The molecule has 34 heteroatoms. The van der Waals surface area contributed by atoms with E-state index in [4.69, 9.17) is 46.3 Å². The molecule has 4 rings (SSSR count). The maximum Gasteiger partial charge on any atom is 1.00 e. The largest absolute Gasteiger partial charge is 1.00 e. The van der Waals surface area contributed by atoms with E-state index in [0.29, 0.717) is 16.1 Å². The van der Waals surface area contributed by atoms with Gasteiger partial charge in [0.25, 0.3) is 29.4 Å². The number of hydrazine groups is 1. The van der Waals surface area contributed by atoms with E-state index in [1.54, 1.807) is 201 Å². The van der Waals surface area contributed by atoms with E-state index >= 15 is 0 Å². The number of carbonyl (C=O) groups excluding carboxylic acids is 13. The van der Waals surface area contributed by atoms with E-state index < -0.39 is 94.1 Å². The number of esters is 3. The molecular formula is C64H89ClKN5Na2O25. The van der Waals surface area contributed by atoms with E-state index in [1.165, 1.54) is 33.5 Å². The number of ether oxygens (including phenoxy) is 9. The first-order valence-electron chi connectivity index (χ1n) is 27.9. The molecule has 4 aromatic rings. The zero-order chi connectivity index (χ0) is 74.3. The molecule has 530 valence electrons. The predicted molar refractivity (Wildman–Crippen MR) is 340 cm³/mol. The molecule has 6 amide bonds. The second-order valence-electron chi connectivity index (χ2n) is 22.8. The van der Waals surface area contributed by atoms with Gasteiger partial charge in [-0.15, -0.1) is 10.6 Å². The molecule has 0 heterocycles. The number of nitrogens with two attached hydrogens (primary N) is 1. The van der Waals surface area contributed by atoms with Crippen LogP contribution in [-0.4, -0.2) is 164 Å². The number of nitrogens with zero attached hydrogens (tertiary/aromatic N) is 2. The number of rotatable bonds is 10. The summed E-state index contributed by atoms with van der Waals surface area (Å²) < 4.78 is 41.5. The monoisotopic (exact) mass is 1450 g/mol. The molecule has 0 unspecified atom stereocenters. The Kier molecular flexibility index (Phi) is 60.4. The fraction of sp³-hybridized carbons (Fsp3) is 0.422. The molecule has 0 saturated carbocycles. The van der Waals surface area contributed by atoms with Crippen molar-refractivity contribution in [2.45, 2.75) is 132 Å². The summed E-state index contributed by atoms with van der Waals surface area (Å²) in [5.74, 6) is -3.17. The molecule has 0 aromatic heterocycles. The van der Waals surface area contributed by atoms with Crippen molar-refractivity contribution in [1.82, 2.24) is 20.7 Å². The molecule has 98 heavy (non-hydrogen) atoms. The van der Waals surface area contributed by atoms with Gasteiger partial charge in [-0.2, -0.15) is 0 Å². The molecule has 0 spiro atoms. The molecule has 0 aliphatic carbocycles. The second kappa shape index (κ2) is 56.4. The average Bonchev–Trinajstić information content (AvgIpc) is 0.921. The van der Waals surface area contributed by atoms with Crippen molar-refractivity contribution in [3.05, 3.63) is 144 Å². The number of imide groups is 2. The van der Waals surface area contributed by atoms with Gasteiger partial charge >= 0.3 is 159 Å². The van der Waals surface area contributed by atoms with Crippen LogP contribution >= 0.6 is 11.6 Å². The number of hydrogen-bond donors (Lipinski definition) is 3. The Morgan fingerprint density at radius 2 is 0.827 bits per heavy atom. The van der Waals surface area contributed by atoms with Crippen molar-refractivity contribution in [2.75, 3.05) is 48.1 Å². The van der Waals surface area contributed by atoms with Crippen LogP contribution in [-0.2, 0) is 66.7 Å². The number of benzene rings is 4. The van der Waals surface area contributed by atoms with Crippen molar-refractivity contribution in [1.29, 1.82) is 0 Å². The molecule has 4 N–H and O–H groups in total. The minimum atomic E-state index is -1.06. The van der Waals surface area contributed by atoms with Crippen molar-refractivity contribution >= 4 is 89.5 Å². The molecule has 0 aliphatic heterocycles. The van der Waals surface area contributed by atoms with Crippen molar-refractivity contribution in [2.24, 2.45) is 5.73 Å². The van der Waals surface area contributed by atoms with Crippen LogP contribution in [0.2, 0.25) is 0 Å². The molecule has 4 aromatic carbocycles. The Hall–Kier alpha value is -6.40. The standard InChI is InChI=1S/C15H19NO5.C14H18N2O5.C10H11NO3.C10H18O5.C7H5ClO.C4H9O.C3H7NO2.CH2O3.K.2Na.H/c1-15(2,3)21-14(19)16(10-12(17)20-4)13(18)11-8-6-5-7-9-11;1-14(2,3)21-12(18)15-16(13(19)20-4)11(17)10-8-6-5-7-9-10;1-14-9(12)7-11-10(13)8-5-3-2-4-6-8;1-9(2,3)14-7(11)13-8(12)15-10(4,5)6;8-7(9)6-4-2-1-3-5-6;1-4(2,3)5;1-6-3(5)2-4;2-1-4-3;;;;/h5-9H,10H2,1-4H3;5-9H,1-4H3,(H,15,18);2-6H,7H2,1H3,(H,11,13);1-6H3;1-5H;1-3H3;2,4H2,1H3;1,3H;;;;/q;;;;;-1;;;3*+1;-1/p-1. The fourth-order valence-electron chi connectivity index (χ4n) is 5.02. The van der Waals surface area contributed by atoms with Crippen LogP contribution in [0, 0.1) is 0 Å². The van der Waals surface area contributed by atoms with Crippen LogP contribution in [0.15, 0.2) is 121 Å². The summed E-state index contributed by atoms with van der Waals surface area (Å²) in [6, 6.07) is 33.6. The molecule has 0 aliphatic rings. The maximum absolute atomic E-state index is 12.3. The molecule has 0 radical (unpaired) electrons.